The summed E-state index contributed by atoms with van der Waals surface area (Å²) >= 11 is 1.50. The average molecular weight is 483 g/mol. The van der Waals surface area contributed by atoms with Gasteiger partial charge in [-0.15, -0.1) is 10.2 Å². The van der Waals surface area contributed by atoms with E-state index in [1.54, 1.807) is 26.5 Å². The molecule has 4 heterocycles. The maximum absolute atomic E-state index is 9.01. The van der Waals surface area contributed by atoms with Crippen LogP contribution in [0.4, 0.5) is 5.95 Å². The van der Waals surface area contributed by atoms with Crippen LogP contribution < -0.4 is 14.2 Å². The summed E-state index contributed by atoms with van der Waals surface area (Å²) < 4.78 is 21.8. The SMILES string of the molecule is COc1ncnc(OC)c1-n1c(NSC(C)C(C)c2ccc(C#N)cn2)nnc1C1CCOC1. The first-order valence-electron chi connectivity index (χ1n) is 10.8. The highest BCUT2D eigenvalue weighted by atomic mass is 32.2. The lowest BCUT2D eigenvalue weighted by Gasteiger charge is -2.21. The molecular formula is C22H26N8O3S. The Kier molecular flexibility index (Phi) is 7.44. The topological polar surface area (TPSA) is 133 Å². The van der Waals surface area contributed by atoms with Gasteiger partial charge in [0, 0.05) is 35.6 Å². The molecule has 0 saturated carbocycles. The third kappa shape index (κ3) is 4.76. The maximum atomic E-state index is 9.01. The van der Waals surface area contributed by atoms with Crippen molar-refractivity contribution in [2.45, 2.75) is 37.4 Å². The van der Waals surface area contributed by atoms with Gasteiger partial charge in [0.2, 0.25) is 17.7 Å². The molecule has 0 aromatic carbocycles. The minimum Gasteiger partial charge on any atom is -0.479 e. The number of rotatable bonds is 9. The zero-order valence-corrected chi connectivity index (χ0v) is 20.2. The third-order valence-electron chi connectivity index (χ3n) is 5.77. The second-order valence-electron chi connectivity index (χ2n) is 7.82. The molecule has 12 heteroatoms. The lowest BCUT2D eigenvalue weighted by atomic mass is 10.0. The van der Waals surface area contributed by atoms with Crippen LogP contribution in [0.1, 0.15) is 49.2 Å². The van der Waals surface area contributed by atoms with E-state index < -0.39 is 0 Å². The highest BCUT2D eigenvalue weighted by Gasteiger charge is 2.30. The fourth-order valence-electron chi connectivity index (χ4n) is 3.65. The van der Waals surface area contributed by atoms with Gasteiger partial charge in [-0.3, -0.25) is 14.3 Å². The first-order valence-corrected chi connectivity index (χ1v) is 11.7. The van der Waals surface area contributed by atoms with Gasteiger partial charge in [0.25, 0.3) is 0 Å². The molecule has 0 bridgehead atoms. The Morgan fingerprint density at radius 2 is 1.94 bits per heavy atom. The smallest absolute Gasteiger partial charge is 0.245 e. The van der Waals surface area contributed by atoms with E-state index in [1.807, 2.05) is 10.6 Å². The average Bonchev–Trinajstić information content (AvgIpc) is 3.56. The number of pyridine rings is 1. The quantitative estimate of drug-likeness (QED) is 0.451. The molecule has 0 aliphatic carbocycles. The standard InChI is InChI=1S/C22H26N8O3S/c1-13(17-6-5-15(9-23)10-24-17)14(2)34-29-22-28-27-19(16-7-8-33-11-16)30(22)18-20(31-3)25-12-26-21(18)32-4/h5-6,10,12-14,16H,7-8,11H2,1-4H3,(H,28,29). The lowest BCUT2D eigenvalue weighted by Crippen LogP contribution is -2.15. The summed E-state index contributed by atoms with van der Waals surface area (Å²) in [7, 11) is 3.09. The Hall–Kier alpha value is -3.43. The van der Waals surface area contributed by atoms with E-state index in [0.29, 0.717) is 42.2 Å². The minimum absolute atomic E-state index is 0.0712. The molecule has 1 N–H and O–H groups in total. The highest BCUT2D eigenvalue weighted by Crippen LogP contribution is 2.37. The molecule has 34 heavy (non-hydrogen) atoms. The van der Waals surface area contributed by atoms with Crippen molar-refractivity contribution in [1.82, 2.24) is 29.7 Å². The van der Waals surface area contributed by atoms with Crippen LogP contribution in [-0.4, -0.2) is 62.4 Å². The molecule has 178 valence electrons. The van der Waals surface area contributed by atoms with Crippen molar-refractivity contribution in [3.63, 3.8) is 0 Å². The monoisotopic (exact) mass is 482 g/mol. The van der Waals surface area contributed by atoms with Crippen molar-refractivity contribution in [2.24, 2.45) is 0 Å². The third-order valence-corrected chi connectivity index (χ3v) is 6.85. The first-order chi connectivity index (χ1) is 16.6. The Bertz CT molecular complexity index is 1140. The van der Waals surface area contributed by atoms with E-state index in [4.69, 9.17) is 19.5 Å². The Labute approximate surface area is 202 Å². The van der Waals surface area contributed by atoms with Crippen LogP contribution >= 0.6 is 11.9 Å². The van der Waals surface area contributed by atoms with Gasteiger partial charge in [0.15, 0.2) is 5.69 Å². The molecule has 0 radical (unpaired) electrons. The number of ether oxygens (including phenoxy) is 3. The molecule has 1 saturated heterocycles. The summed E-state index contributed by atoms with van der Waals surface area (Å²) in [6.07, 6.45) is 3.82. The van der Waals surface area contributed by atoms with Crippen LogP contribution in [0, 0.1) is 11.3 Å². The number of aromatic nitrogens is 6. The number of hydrogen-bond donors (Lipinski definition) is 1. The Balaban J connectivity index is 1.63. The van der Waals surface area contributed by atoms with Crippen LogP contribution in [0.15, 0.2) is 24.7 Å². The molecular weight excluding hydrogens is 456 g/mol. The molecule has 0 amide bonds. The largest absolute Gasteiger partial charge is 0.479 e. The van der Waals surface area contributed by atoms with Gasteiger partial charge in [0.1, 0.15) is 18.2 Å². The summed E-state index contributed by atoms with van der Waals surface area (Å²) in [6, 6.07) is 5.77. The van der Waals surface area contributed by atoms with Gasteiger partial charge in [0.05, 0.1) is 26.4 Å². The van der Waals surface area contributed by atoms with Gasteiger partial charge >= 0.3 is 0 Å². The van der Waals surface area contributed by atoms with Crippen molar-refractivity contribution >= 4 is 17.9 Å². The van der Waals surface area contributed by atoms with Crippen LogP contribution in [0.3, 0.4) is 0 Å². The summed E-state index contributed by atoms with van der Waals surface area (Å²) in [5, 5.41) is 18.0. The Morgan fingerprint density at radius 1 is 1.18 bits per heavy atom. The zero-order chi connectivity index (χ0) is 24.1. The summed E-state index contributed by atoms with van der Waals surface area (Å²) in [6.45, 7) is 5.42. The van der Waals surface area contributed by atoms with E-state index in [9.17, 15) is 0 Å². The number of anilines is 1. The molecule has 1 aliphatic heterocycles. The fraction of sp³-hybridized carbons (Fsp3) is 0.455. The predicted octanol–water partition coefficient (Wildman–Crippen LogP) is 3.10. The molecule has 0 spiro atoms. The molecule has 1 fully saturated rings. The van der Waals surface area contributed by atoms with Gasteiger partial charge < -0.3 is 14.2 Å². The van der Waals surface area contributed by atoms with E-state index in [1.165, 1.54) is 18.3 Å². The highest BCUT2D eigenvalue weighted by molar-refractivity contribution is 8.01. The number of nitrogens with one attached hydrogen (secondary N) is 1. The molecule has 3 atom stereocenters. The van der Waals surface area contributed by atoms with Crippen molar-refractivity contribution in [1.29, 1.82) is 5.26 Å². The van der Waals surface area contributed by atoms with Crippen molar-refractivity contribution in [2.75, 3.05) is 32.2 Å². The van der Waals surface area contributed by atoms with Gasteiger partial charge in [-0.05, 0) is 30.5 Å². The van der Waals surface area contributed by atoms with Crippen LogP contribution in [-0.2, 0) is 4.74 Å². The first kappa shape index (κ1) is 23.7. The van der Waals surface area contributed by atoms with Gasteiger partial charge in [-0.1, -0.05) is 13.8 Å². The van der Waals surface area contributed by atoms with E-state index in [-0.39, 0.29) is 17.1 Å². The van der Waals surface area contributed by atoms with E-state index in [0.717, 1.165) is 17.9 Å². The van der Waals surface area contributed by atoms with E-state index in [2.05, 4.69) is 49.8 Å². The summed E-state index contributed by atoms with van der Waals surface area (Å²) in [4.78, 5) is 13.0. The normalized spacial score (nSPS) is 17.1. The van der Waals surface area contributed by atoms with E-state index >= 15 is 0 Å². The molecule has 11 nitrogen and oxygen atoms in total. The van der Waals surface area contributed by atoms with Gasteiger partial charge in [-0.25, -0.2) is 0 Å². The number of nitriles is 1. The number of nitrogens with zero attached hydrogens (tertiary/aromatic N) is 7. The fourth-order valence-corrected chi connectivity index (χ4v) is 4.42. The van der Waals surface area contributed by atoms with Crippen LogP contribution in [0.5, 0.6) is 11.8 Å². The number of hydrogen-bond acceptors (Lipinski definition) is 11. The molecule has 3 aromatic rings. The second-order valence-corrected chi connectivity index (χ2v) is 9.00. The molecule has 1 aliphatic rings. The van der Waals surface area contributed by atoms with Crippen molar-refractivity contribution in [3.8, 4) is 23.5 Å². The second kappa shape index (κ2) is 10.7. The van der Waals surface area contributed by atoms with Crippen molar-refractivity contribution < 1.29 is 14.2 Å². The molecule has 4 rings (SSSR count). The predicted molar refractivity (Wildman–Crippen MR) is 126 cm³/mol. The van der Waals surface area contributed by atoms with Crippen LogP contribution in [0.2, 0.25) is 0 Å². The van der Waals surface area contributed by atoms with Gasteiger partial charge in [-0.2, -0.15) is 15.2 Å². The molecule has 3 aromatic heterocycles. The summed E-state index contributed by atoms with van der Waals surface area (Å²) in [5.41, 5.74) is 1.97. The molecule has 3 unspecified atom stereocenters. The summed E-state index contributed by atoms with van der Waals surface area (Å²) in [5.74, 6) is 2.12. The minimum atomic E-state index is 0.0712. The zero-order valence-electron chi connectivity index (χ0n) is 19.4. The Morgan fingerprint density at radius 3 is 2.53 bits per heavy atom. The van der Waals surface area contributed by atoms with Crippen LogP contribution in [0.25, 0.3) is 5.69 Å². The maximum Gasteiger partial charge on any atom is 0.245 e. The number of methoxy groups -OCH3 is 2. The lowest BCUT2D eigenvalue weighted by molar-refractivity contribution is 0.193. The van der Waals surface area contributed by atoms with Crippen molar-refractivity contribution in [3.05, 3.63) is 41.7 Å².